The van der Waals surface area contributed by atoms with E-state index < -0.39 is 17.7 Å². The minimum Gasteiger partial charge on any atom is -0.354 e. The van der Waals surface area contributed by atoms with E-state index in [0.717, 1.165) is 10.5 Å². The summed E-state index contributed by atoms with van der Waals surface area (Å²) in [5.41, 5.74) is 1.37. The van der Waals surface area contributed by atoms with Gasteiger partial charge in [-0.15, -0.1) is 0 Å². The Morgan fingerprint density at radius 1 is 1.04 bits per heavy atom. The highest BCUT2D eigenvalue weighted by Crippen LogP contribution is 2.28. The van der Waals surface area contributed by atoms with E-state index in [9.17, 15) is 14.4 Å². The number of carbonyl (C=O) groups excluding carboxylic acids is 3. The molecule has 2 aromatic rings. The Bertz CT molecular complexity index is 867. The van der Waals surface area contributed by atoms with Gasteiger partial charge in [-0.1, -0.05) is 41.4 Å². The van der Waals surface area contributed by atoms with Crippen molar-refractivity contribution in [2.45, 2.75) is 6.42 Å². The van der Waals surface area contributed by atoms with Crippen LogP contribution in [0.4, 0.5) is 0 Å². The lowest BCUT2D eigenvalue weighted by atomic mass is 10.1. The number of nitrogens with zero attached hydrogens (tertiary/aromatic N) is 1. The first-order valence-corrected chi connectivity index (χ1v) is 8.39. The summed E-state index contributed by atoms with van der Waals surface area (Å²) in [5, 5.41) is 3.54. The van der Waals surface area contributed by atoms with E-state index in [2.05, 4.69) is 5.32 Å². The largest absolute Gasteiger partial charge is 0.354 e. The number of fused-ring (bicyclic) bond motifs is 1. The van der Waals surface area contributed by atoms with Crippen LogP contribution in [0.15, 0.2) is 42.5 Å². The molecule has 3 amide bonds. The van der Waals surface area contributed by atoms with E-state index in [1.54, 1.807) is 18.2 Å². The lowest BCUT2D eigenvalue weighted by Gasteiger charge is -2.13. The minimum atomic E-state index is -0.546. The molecule has 0 radical (unpaired) electrons. The molecule has 0 aliphatic carbocycles. The summed E-state index contributed by atoms with van der Waals surface area (Å²) in [6, 6.07) is 12.0. The molecule has 25 heavy (non-hydrogen) atoms. The number of halogens is 2. The molecule has 2 aromatic carbocycles. The molecular formula is C18H14Cl2N2O3. The van der Waals surface area contributed by atoms with Crippen molar-refractivity contribution in [3.63, 3.8) is 0 Å². The van der Waals surface area contributed by atoms with Crippen LogP contribution in [0.2, 0.25) is 10.0 Å². The highest BCUT2D eigenvalue weighted by molar-refractivity contribution is 6.37. The lowest BCUT2D eigenvalue weighted by molar-refractivity contribution is -0.121. The van der Waals surface area contributed by atoms with Gasteiger partial charge in [-0.05, 0) is 36.2 Å². The van der Waals surface area contributed by atoms with E-state index in [1.807, 2.05) is 18.2 Å². The van der Waals surface area contributed by atoms with Gasteiger partial charge in [0, 0.05) is 11.6 Å². The first kappa shape index (κ1) is 17.5. The zero-order chi connectivity index (χ0) is 18.0. The summed E-state index contributed by atoms with van der Waals surface area (Å²) in [5.74, 6) is -1.46. The normalized spacial score (nSPS) is 13.1. The second kappa shape index (κ2) is 7.25. The molecule has 0 aromatic heterocycles. The smallest absolute Gasteiger partial charge is 0.263 e. The van der Waals surface area contributed by atoms with Crippen molar-refractivity contribution in [3.8, 4) is 0 Å². The molecular weight excluding hydrogens is 363 g/mol. The predicted molar refractivity (Wildman–Crippen MR) is 95.0 cm³/mol. The summed E-state index contributed by atoms with van der Waals surface area (Å²) in [4.78, 5) is 37.6. The van der Waals surface area contributed by atoms with Crippen molar-refractivity contribution >= 4 is 40.9 Å². The minimum absolute atomic E-state index is 0.154. The topological polar surface area (TPSA) is 66.5 Å². The van der Waals surface area contributed by atoms with Gasteiger partial charge in [-0.3, -0.25) is 19.3 Å². The third kappa shape index (κ3) is 3.67. The van der Waals surface area contributed by atoms with Crippen molar-refractivity contribution in [2.24, 2.45) is 0 Å². The van der Waals surface area contributed by atoms with E-state index >= 15 is 0 Å². The van der Waals surface area contributed by atoms with Crippen LogP contribution in [-0.4, -0.2) is 35.7 Å². The number of carbonyl (C=O) groups is 3. The van der Waals surface area contributed by atoms with E-state index in [-0.39, 0.29) is 22.7 Å². The van der Waals surface area contributed by atoms with Crippen LogP contribution in [-0.2, 0) is 11.2 Å². The quantitative estimate of drug-likeness (QED) is 0.815. The van der Waals surface area contributed by atoms with Crippen molar-refractivity contribution in [1.82, 2.24) is 10.2 Å². The fraction of sp³-hybridized carbons (Fsp3) is 0.167. The van der Waals surface area contributed by atoms with Crippen LogP contribution in [0.25, 0.3) is 0 Å². The van der Waals surface area contributed by atoms with Crippen LogP contribution in [0.3, 0.4) is 0 Å². The van der Waals surface area contributed by atoms with Crippen molar-refractivity contribution in [2.75, 3.05) is 13.1 Å². The molecule has 0 atom stereocenters. The molecule has 7 heteroatoms. The summed E-state index contributed by atoms with van der Waals surface area (Å²) < 4.78 is 0. The number of imide groups is 1. The Balaban J connectivity index is 1.58. The third-order valence-electron chi connectivity index (χ3n) is 3.87. The molecule has 0 unspecified atom stereocenters. The van der Waals surface area contributed by atoms with Gasteiger partial charge in [0.1, 0.15) is 6.54 Å². The van der Waals surface area contributed by atoms with Gasteiger partial charge in [0.15, 0.2) is 0 Å². The van der Waals surface area contributed by atoms with Gasteiger partial charge in [0.05, 0.1) is 16.1 Å². The summed E-state index contributed by atoms with van der Waals surface area (Å²) in [7, 11) is 0. The van der Waals surface area contributed by atoms with Gasteiger partial charge >= 0.3 is 0 Å². The fourth-order valence-electron chi connectivity index (χ4n) is 2.67. The maximum absolute atomic E-state index is 12.3. The Morgan fingerprint density at radius 2 is 1.80 bits per heavy atom. The molecule has 1 aliphatic heterocycles. The van der Waals surface area contributed by atoms with E-state index in [1.165, 1.54) is 6.07 Å². The second-order valence-electron chi connectivity index (χ2n) is 5.59. The van der Waals surface area contributed by atoms with Crippen LogP contribution in [0.1, 0.15) is 26.3 Å². The third-order valence-corrected chi connectivity index (χ3v) is 4.42. The molecule has 3 rings (SSSR count). The Kier molecular flexibility index (Phi) is 5.06. The molecule has 0 bridgehead atoms. The fourth-order valence-corrected chi connectivity index (χ4v) is 3.14. The zero-order valence-electron chi connectivity index (χ0n) is 13.1. The number of benzene rings is 2. The molecule has 5 nitrogen and oxygen atoms in total. The Labute approximate surface area is 154 Å². The Morgan fingerprint density at radius 3 is 2.52 bits per heavy atom. The summed E-state index contributed by atoms with van der Waals surface area (Å²) in [6.07, 6.45) is 0.597. The molecule has 1 aliphatic rings. The van der Waals surface area contributed by atoms with Crippen molar-refractivity contribution < 1.29 is 14.4 Å². The second-order valence-corrected chi connectivity index (χ2v) is 6.43. The predicted octanol–water partition coefficient (Wildman–Crippen LogP) is 2.95. The van der Waals surface area contributed by atoms with Crippen LogP contribution < -0.4 is 5.32 Å². The molecule has 1 heterocycles. The van der Waals surface area contributed by atoms with Crippen molar-refractivity contribution in [1.29, 1.82) is 0 Å². The van der Waals surface area contributed by atoms with E-state index in [0.29, 0.717) is 18.0 Å². The highest BCUT2D eigenvalue weighted by atomic mass is 35.5. The zero-order valence-corrected chi connectivity index (χ0v) is 14.6. The van der Waals surface area contributed by atoms with Gasteiger partial charge in [-0.25, -0.2) is 0 Å². The monoisotopic (exact) mass is 376 g/mol. The van der Waals surface area contributed by atoms with Gasteiger partial charge in [0.25, 0.3) is 11.8 Å². The SMILES string of the molecule is O=C(CN1C(=O)c2cccc(Cl)c2C1=O)NCCc1cccc(Cl)c1. The number of rotatable bonds is 5. The average Bonchev–Trinajstić information content (AvgIpc) is 2.81. The van der Waals surface area contributed by atoms with Gasteiger partial charge in [0.2, 0.25) is 5.91 Å². The number of hydrogen-bond acceptors (Lipinski definition) is 3. The van der Waals surface area contributed by atoms with Gasteiger partial charge < -0.3 is 5.32 Å². The number of amides is 3. The van der Waals surface area contributed by atoms with E-state index in [4.69, 9.17) is 23.2 Å². The molecule has 1 N–H and O–H groups in total. The summed E-state index contributed by atoms with van der Waals surface area (Å²) >= 11 is 11.9. The lowest BCUT2D eigenvalue weighted by Crippen LogP contribution is -2.40. The first-order chi connectivity index (χ1) is 12.0. The molecule has 0 saturated carbocycles. The molecule has 0 fully saturated rings. The van der Waals surface area contributed by atoms with Crippen LogP contribution in [0.5, 0.6) is 0 Å². The van der Waals surface area contributed by atoms with Crippen molar-refractivity contribution in [3.05, 3.63) is 69.2 Å². The standard InChI is InChI=1S/C18H14Cl2N2O3/c19-12-4-1-3-11(9-12)7-8-21-15(23)10-22-17(24)13-5-2-6-14(20)16(13)18(22)25/h1-6,9H,7-8,10H2,(H,21,23). The van der Waals surface area contributed by atoms with Gasteiger partial charge in [-0.2, -0.15) is 0 Å². The maximum Gasteiger partial charge on any atom is 0.263 e. The molecule has 0 saturated heterocycles. The highest BCUT2D eigenvalue weighted by Gasteiger charge is 2.38. The Hall–Kier alpha value is -2.37. The summed E-state index contributed by atoms with van der Waals surface area (Å²) in [6.45, 7) is 0.0430. The number of nitrogens with one attached hydrogen (secondary N) is 1. The van der Waals surface area contributed by atoms with Crippen LogP contribution in [0, 0.1) is 0 Å². The maximum atomic E-state index is 12.3. The first-order valence-electron chi connectivity index (χ1n) is 7.63. The average molecular weight is 377 g/mol. The number of hydrogen-bond donors (Lipinski definition) is 1. The molecule has 0 spiro atoms. The molecule has 128 valence electrons. The van der Waals surface area contributed by atoms with Crippen LogP contribution >= 0.6 is 23.2 Å².